The summed E-state index contributed by atoms with van der Waals surface area (Å²) in [5, 5.41) is 14.8. The molecule has 4 atom stereocenters. The molecule has 1 amide bonds. The number of carbonyl (C=O) groups excluding carboxylic acids is 1. The number of likely N-dealkylation sites (tertiary alicyclic amines) is 1. The molecule has 3 aliphatic rings. The lowest BCUT2D eigenvalue weighted by molar-refractivity contribution is -0.125. The van der Waals surface area contributed by atoms with Gasteiger partial charge < -0.3 is 14.7 Å². The van der Waals surface area contributed by atoms with Crippen LogP contribution in [0.5, 0.6) is 11.5 Å². The van der Waals surface area contributed by atoms with Crippen LogP contribution in [0.3, 0.4) is 0 Å². The molecule has 4 rings (SSSR count). The van der Waals surface area contributed by atoms with Gasteiger partial charge in [0.2, 0.25) is 5.91 Å². The van der Waals surface area contributed by atoms with Crippen LogP contribution >= 0.6 is 12.2 Å². The minimum atomic E-state index is -0.123. The van der Waals surface area contributed by atoms with Crippen LogP contribution in [0.25, 0.3) is 0 Å². The molecule has 2 fully saturated rings. The first-order chi connectivity index (χ1) is 15.5. The predicted molar refractivity (Wildman–Crippen MR) is 127 cm³/mol. The van der Waals surface area contributed by atoms with Crippen LogP contribution in [0.1, 0.15) is 37.7 Å². The van der Waals surface area contributed by atoms with E-state index in [-0.39, 0.29) is 17.6 Å². The molecule has 1 aromatic carbocycles. The highest BCUT2D eigenvalue weighted by atomic mass is 32.1. The zero-order valence-electron chi connectivity index (χ0n) is 18.3. The van der Waals surface area contributed by atoms with Crippen molar-refractivity contribution < 1.29 is 14.6 Å². The van der Waals surface area contributed by atoms with Gasteiger partial charge in [-0.05, 0) is 68.3 Å². The van der Waals surface area contributed by atoms with Gasteiger partial charge in [-0.3, -0.25) is 10.2 Å². The number of nitrogens with zero attached hydrogens (tertiary/aromatic N) is 2. The summed E-state index contributed by atoms with van der Waals surface area (Å²) in [4.78, 5) is 14.7. The van der Waals surface area contributed by atoms with Gasteiger partial charge in [-0.15, -0.1) is 0 Å². The lowest BCUT2D eigenvalue weighted by Gasteiger charge is -2.27. The summed E-state index contributed by atoms with van der Waals surface area (Å²) in [6.45, 7) is 1.55. The molecule has 0 radical (unpaired) electrons. The number of hydrogen-bond donors (Lipinski definition) is 4. The molecule has 9 heteroatoms. The van der Waals surface area contributed by atoms with Crippen LogP contribution < -0.4 is 21.0 Å². The van der Waals surface area contributed by atoms with Gasteiger partial charge in [-0.1, -0.05) is 18.2 Å². The lowest BCUT2D eigenvalue weighted by atomic mass is 10.0. The number of aromatic hydroxyl groups is 1. The van der Waals surface area contributed by atoms with Crippen LogP contribution in [0, 0.1) is 17.8 Å². The van der Waals surface area contributed by atoms with Crippen molar-refractivity contribution in [2.75, 3.05) is 20.2 Å². The van der Waals surface area contributed by atoms with E-state index in [0.29, 0.717) is 40.7 Å². The number of hydrazone groups is 1. The predicted octanol–water partition coefficient (Wildman–Crippen LogP) is 2.30. The van der Waals surface area contributed by atoms with Gasteiger partial charge in [0, 0.05) is 30.6 Å². The number of hydrogen-bond acceptors (Lipinski definition) is 6. The molecule has 2 aliphatic carbocycles. The summed E-state index contributed by atoms with van der Waals surface area (Å²) in [5.41, 5.74) is 9.73. The number of para-hydroxylation sites is 1. The minimum Gasteiger partial charge on any atom is -0.504 e. The van der Waals surface area contributed by atoms with E-state index in [1.54, 1.807) is 18.2 Å². The number of rotatable bonds is 6. The molecule has 1 aromatic rings. The number of thiocarbonyl (C=S) groups is 1. The molecule has 0 spiro atoms. The Morgan fingerprint density at radius 3 is 2.91 bits per heavy atom. The molecule has 172 valence electrons. The summed E-state index contributed by atoms with van der Waals surface area (Å²) < 4.78 is 5.08. The third-order valence-corrected chi connectivity index (χ3v) is 7.02. The number of hydrazine groups is 1. The Bertz CT molecular complexity index is 906. The van der Waals surface area contributed by atoms with E-state index < -0.39 is 0 Å². The maximum absolute atomic E-state index is 12.6. The van der Waals surface area contributed by atoms with Crippen LogP contribution in [-0.2, 0) is 4.79 Å². The average Bonchev–Trinajstić information content (AvgIpc) is 3.33. The SMILES string of the molecule is COc1cccc(/C=N\NC(=O)[C@H]2CCCN(C(=S)NN[C@H]3C[C@@H]4C=C[C@@H]3C4)CC2)c1O. The van der Waals surface area contributed by atoms with Gasteiger partial charge in [0.25, 0.3) is 0 Å². The number of nitrogens with one attached hydrogen (secondary N) is 3. The summed E-state index contributed by atoms with van der Waals surface area (Å²) >= 11 is 5.59. The van der Waals surface area contributed by atoms with Crippen molar-refractivity contribution >= 4 is 29.5 Å². The van der Waals surface area contributed by atoms with Gasteiger partial charge in [0.05, 0.1) is 13.3 Å². The molecule has 1 heterocycles. The van der Waals surface area contributed by atoms with Gasteiger partial charge >= 0.3 is 0 Å². The number of carbonyl (C=O) groups is 1. The van der Waals surface area contributed by atoms with Gasteiger partial charge in [0.1, 0.15) is 0 Å². The van der Waals surface area contributed by atoms with E-state index >= 15 is 0 Å². The van der Waals surface area contributed by atoms with Crippen LogP contribution in [-0.4, -0.2) is 53.5 Å². The van der Waals surface area contributed by atoms with Crippen LogP contribution in [0.15, 0.2) is 35.5 Å². The monoisotopic (exact) mass is 457 g/mol. The number of fused-ring (bicyclic) bond motifs is 2. The number of methoxy groups -OCH3 is 1. The van der Waals surface area contributed by atoms with Crippen molar-refractivity contribution in [3.8, 4) is 11.5 Å². The highest BCUT2D eigenvalue weighted by Crippen LogP contribution is 2.38. The molecule has 0 aromatic heterocycles. The second-order valence-corrected chi connectivity index (χ2v) is 9.10. The van der Waals surface area contributed by atoms with E-state index in [9.17, 15) is 9.90 Å². The summed E-state index contributed by atoms with van der Waals surface area (Å²) in [7, 11) is 1.49. The van der Waals surface area contributed by atoms with Crippen molar-refractivity contribution in [1.82, 2.24) is 21.2 Å². The number of allylic oxidation sites excluding steroid dienone is 1. The highest BCUT2D eigenvalue weighted by Gasteiger charge is 2.35. The van der Waals surface area contributed by atoms with Crippen molar-refractivity contribution in [3.63, 3.8) is 0 Å². The first-order valence-corrected chi connectivity index (χ1v) is 11.6. The molecule has 4 N–H and O–H groups in total. The number of benzene rings is 1. The van der Waals surface area contributed by atoms with E-state index in [4.69, 9.17) is 17.0 Å². The van der Waals surface area contributed by atoms with Crippen molar-refractivity contribution in [3.05, 3.63) is 35.9 Å². The topological polar surface area (TPSA) is 98.2 Å². The Kier molecular flexibility index (Phi) is 7.26. The second-order valence-electron chi connectivity index (χ2n) is 8.71. The average molecular weight is 458 g/mol. The standard InChI is InChI=1S/C23H31N5O3S/c1-31-20-6-2-4-18(21(20)29)14-24-26-22(30)16-5-3-10-28(11-9-16)23(32)27-25-19-13-15-7-8-17(19)12-15/h2,4,6-8,14-17,19,25,29H,3,5,9-13H2,1H3,(H,26,30)(H,27,32)/b24-14-/t15-,16+,17-,19+/m1/s1. The molecule has 8 nitrogen and oxygen atoms in total. The molecular formula is C23H31N5O3S. The normalized spacial score (nSPS) is 26.8. The summed E-state index contributed by atoms with van der Waals surface area (Å²) in [6.07, 6.45) is 10.8. The Balaban J connectivity index is 1.22. The maximum atomic E-state index is 12.6. The molecule has 1 aliphatic heterocycles. The number of phenolic OH excluding ortho intramolecular Hbond substituents is 1. The highest BCUT2D eigenvalue weighted by molar-refractivity contribution is 7.80. The third-order valence-electron chi connectivity index (χ3n) is 6.66. The number of ether oxygens (including phenoxy) is 1. The largest absolute Gasteiger partial charge is 0.504 e. The Morgan fingerprint density at radius 2 is 2.16 bits per heavy atom. The van der Waals surface area contributed by atoms with E-state index in [1.165, 1.54) is 19.7 Å². The van der Waals surface area contributed by atoms with Crippen molar-refractivity contribution in [1.29, 1.82) is 0 Å². The van der Waals surface area contributed by atoms with Gasteiger partial charge in [-0.25, -0.2) is 10.9 Å². The lowest BCUT2D eigenvalue weighted by Crippen LogP contribution is -2.51. The first kappa shape index (κ1) is 22.5. The Hall–Kier alpha value is -2.65. The first-order valence-electron chi connectivity index (χ1n) is 11.2. The molecule has 2 bridgehead atoms. The molecule has 32 heavy (non-hydrogen) atoms. The number of phenols is 1. The summed E-state index contributed by atoms with van der Waals surface area (Å²) in [6, 6.07) is 5.55. The second kappa shape index (κ2) is 10.3. The zero-order valence-corrected chi connectivity index (χ0v) is 19.1. The maximum Gasteiger partial charge on any atom is 0.243 e. The Morgan fingerprint density at radius 1 is 1.28 bits per heavy atom. The minimum absolute atomic E-state index is 0.00539. The molecule has 0 unspecified atom stereocenters. The van der Waals surface area contributed by atoms with Crippen LogP contribution in [0.4, 0.5) is 0 Å². The summed E-state index contributed by atoms with van der Waals surface area (Å²) in [5.74, 6) is 1.43. The Labute approximate surface area is 194 Å². The van der Waals surface area contributed by atoms with Gasteiger partial charge in [-0.2, -0.15) is 5.10 Å². The number of amides is 1. The van der Waals surface area contributed by atoms with E-state index in [1.807, 2.05) is 0 Å². The van der Waals surface area contributed by atoms with E-state index in [2.05, 4.69) is 38.4 Å². The fraction of sp³-hybridized carbons (Fsp3) is 0.522. The smallest absolute Gasteiger partial charge is 0.243 e. The van der Waals surface area contributed by atoms with Crippen molar-refractivity contribution in [2.45, 2.75) is 38.1 Å². The molecule has 1 saturated heterocycles. The fourth-order valence-corrected chi connectivity index (χ4v) is 5.05. The quantitative estimate of drug-likeness (QED) is 0.225. The van der Waals surface area contributed by atoms with Crippen LogP contribution in [0.2, 0.25) is 0 Å². The van der Waals surface area contributed by atoms with Crippen molar-refractivity contribution in [2.24, 2.45) is 22.9 Å². The third kappa shape index (κ3) is 5.21. The molecular weight excluding hydrogens is 426 g/mol. The zero-order chi connectivity index (χ0) is 22.5. The fourth-order valence-electron chi connectivity index (χ4n) is 4.81. The molecule has 1 saturated carbocycles. The van der Waals surface area contributed by atoms with Gasteiger partial charge in [0.15, 0.2) is 16.6 Å². The van der Waals surface area contributed by atoms with E-state index in [0.717, 1.165) is 32.4 Å².